The Morgan fingerprint density at radius 3 is 2.20 bits per heavy atom. The summed E-state index contributed by atoms with van der Waals surface area (Å²) in [5.74, 6) is -1.30. The van der Waals surface area contributed by atoms with Crippen molar-refractivity contribution in [2.45, 2.75) is 32.7 Å². The lowest BCUT2D eigenvalue weighted by atomic mass is 10.0. The van der Waals surface area contributed by atoms with Gasteiger partial charge in [-0.2, -0.15) is 0 Å². The van der Waals surface area contributed by atoms with E-state index in [1.54, 1.807) is 19.1 Å². The molecule has 0 radical (unpaired) electrons. The number of carbonyl (C=O) groups is 2. The van der Waals surface area contributed by atoms with Crippen molar-refractivity contribution in [2.24, 2.45) is 5.73 Å². The van der Waals surface area contributed by atoms with Crippen LogP contribution in [0.25, 0.3) is 0 Å². The summed E-state index contributed by atoms with van der Waals surface area (Å²) in [4.78, 5) is 25.1. The van der Waals surface area contributed by atoms with Crippen LogP contribution < -0.4 is 5.73 Å². The molecule has 5 heteroatoms. The Morgan fingerprint density at radius 2 is 1.80 bits per heavy atom. The van der Waals surface area contributed by atoms with Gasteiger partial charge in [-0.25, -0.2) is 4.79 Å². The van der Waals surface area contributed by atoms with Crippen molar-refractivity contribution in [3.8, 4) is 0 Å². The molecule has 1 rings (SSSR count). The first-order chi connectivity index (χ1) is 9.34. The molecular weight excluding hydrogens is 256 g/mol. The van der Waals surface area contributed by atoms with Crippen molar-refractivity contribution in [1.29, 1.82) is 0 Å². The minimum Gasteiger partial charge on any atom is -0.480 e. The normalized spacial score (nSPS) is 11.2. The molecule has 110 valence electrons. The SMILES string of the molecule is CCN(C(=O)c1ccc(CCN)cc1)C(C)(C)C(=O)O. The van der Waals surface area contributed by atoms with Gasteiger partial charge in [0.2, 0.25) is 0 Å². The number of amides is 1. The zero-order valence-corrected chi connectivity index (χ0v) is 12.2. The summed E-state index contributed by atoms with van der Waals surface area (Å²) >= 11 is 0. The Hall–Kier alpha value is -1.88. The topological polar surface area (TPSA) is 83.6 Å². The first kappa shape index (κ1) is 16.2. The Morgan fingerprint density at radius 1 is 1.25 bits per heavy atom. The van der Waals surface area contributed by atoms with E-state index in [2.05, 4.69) is 0 Å². The number of hydrogen-bond acceptors (Lipinski definition) is 3. The van der Waals surface area contributed by atoms with Crippen LogP contribution in [0.4, 0.5) is 0 Å². The standard InChI is InChI=1S/C15H22N2O3/c1-4-17(15(2,3)14(19)20)13(18)12-7-5-11(6-8-12)9-10-16/h5-8H,4,9-10,16H2,1-3H3,(H,19,20). The Kier molecular flexibility index (Phi) is 5.27. The Balaban J connectivity index is 3.00. The lowest BCUT2D eigenvalue weighted by Gasteiger charge is -2.34. The van der Waals surface area contributed by atoms with E-state index in [4.69, 9.17) is 5.73 Å². The third kappa shape index (κ3) is 3.36. The number of carboxylic acids is 1. The molecule has 0 saturated heterocycles. The molecule has 20 heavy (non-hydrogen) atoms. The van der Waals surface area contributed by atoms with Crippen molar-refractivity contribution < 1.29 is 14.7 Å². The number of likely N-dealkylation sites (N-methyl/N-ethyl adjacent to an activating group) is 1. The quantitative estimate of drug-likeness (QED) is 0.826. The molecule has 1 aromatic carbocycles. The summed E-state index contributed by atoms with van der Waals surface area (Å²) < 4.78 is 0. The molecule has 0 fully saturated rings. The van der Waals surface area contributed by atoms with E-state index in [1.165, 1.54) is 18.7 Å². The van der Waals surface area contributed by atoms with Gasteiger partial charge in [0.05, 0.1) is 0 Å². The number of nitrogens with zero attached hydrogens (tertiary/aromatic N) is 1. The van der Waals surface area contributed by atoms with Crippen molar-refractivity contribution >= 4 is 11.9 Å². The second kappa shape index (κ2) is 6.52. The van der Waals surface area contributed by atoms with Gasteiger partial charge >= 0.3 is 5.97 Å². The number of carbonyl (C=O) groups excluding carboxylic acids is 1. The van der Waals surface area contributed by atoms with Gasteiger partial charge in [-0.05, 0) is 51.4 Å². The summed E-state index contributed by atoms with van der Waals surface area (Å²) in [5.41, 5.74) is 5.79. The smallest absolute Gasteiger partial charge is 0.329 e. The highest BCUT2D eigenvalue weighted by molar-refractivity contribution is 5.97. The van der Waals surface area contributed by atoms with Crippen molar-refractivity contribution in [3.63, 3.8) is 0 Å². The monoisotopic (exact) mass is 278 g/mol. The molecule has 0 heterocycles. The third-order valence-electron chi connectivity index (χ3n) is 3.39. The third-order valence-corrected chi connectivity index (χ3v) is 3.39. The maximum Gasteiger partial charge on any atom is 0.329 e. The fraction of sp³-hybridized carbons (Fsp3) is 0.467. The molecule has 0 spiro atoms. The number of benzene rings is 1. The van der Waals surface area contributed by atoms with E-state index in [0.717, 1.165) is 12.0 Å². The largest absolute Gasteiger partial charge is 0.480 e. The van der Waals surface area contributed by atoms with Crippen molar-refractivity contribution in [2.75, 3.05) is 13.1 Å². The summed E-state index contributed by atoms with van der Waals surface area (Å²) in [6.07, 6.45) is 0.757. The highest BCUT2D eigenvalue weighted by Gasteiger charge is 2.37. The number of carboxylic acid groups (broad SMARTS) is 1. The molecule has 0 aliphatic rings. The second-order valence-corrected chi connectivity index (χ2v) is 5.15. The van der Waals surface area contributed by atoms with Gasteiger partial charge in [-0.3, -0.25) is 4.79 Å². The molecule has 1 amide bonds. The van der Waals surface area contributed by atoms with Crippen LogP contribution in [0, 0.1) is 0 Å². The Labute approximate surface area is 119 Å². The second-order valence-electron chi connectivity index (χ2n) is 5.15. The number of aliphatic carboxylic acids is 1. The van der Waals surface area contributed by atoms with Crippen LogP contribution in [0.5, 0.6) is 0 Å². The van der Waals surface area contributed by atoms with Crippen LogP contribution >= 0.6 is 0 Å². The van der Waals surface area contributed by atoms with Gasteiger partial charge in [0.15, 0.2) is 0 Å². The molecule has 0 aliphatic carbocycles. The highest BCUT2D eigenvalue weighted by Crippen LogP contribution is 2.18. The van der Waals surface area contributed by atoms with Gasteiger partial charge in [-0.1, -0.05) is 12.1 Å². The van der Waals surface area contributed by atoms with Crippen molar-refractivity contribution in [3.05, 3.63) is 35.4 Å². The fourth-order valence-corrected chi connectivity index (χ4v) is 2.04. The minimum absolute atomic E-state index is 0.279. The predicted octanol–water partition coefficient (Wildman–Crippen LogP) is 1.51. The average molecular weight is 278 g/mol. The summed E-state index contributed by atoms with van der Waals surface area (Å²) in [7, 11) is 0. The molecular formula is C15H22N2O3. The molecule has 0 saturated carbocycles. The molecule has 5 nitrogen and oxygen atoms in total. The van der Waals surface area contributed by atoms with Crippen LogP contribution in [0.2, 0.25) is 0 Å². The van der Waals surface area contributed by atoms with E-state index in [-0.39, 0.29) is 5.91 Å². The van der Waals surface area contributed by atoms with E-state index in [0.29, 0.717) is 18.7 Å². The number of nitrogens with two attached hydrogens (primary N) is 1. The van der Waals surface area contributed by atoms with Crippen molar-refractivity contribution in [1.82, 2.24) is 4.90 Å². The van der Waals surface area contributed by atoms with Crippen LogP contribution in [-0.4, -0.2) is 40.5 Å². The van der Waals surface area contributed by atoms with Crippen LogP contribution in [0.1, 0.15) is 36.7 Å². The first-order valence-corrected chi connectivity index (χ1v) is 6.69. The van der Waals surface area contributed by atoms with E-state index < -0.39 is 11.5 Å². The summed E-state index contributed by atoms with van der Waals surface area (Å²) in [5, 5.41) is 9.24. The van der Waals surface area contributed by atoms with Crippen LogP contribution in [0.15, 0.2) is 24.3 Å². The molecule has 0 aromatic heterocycles. The maximum absolute atomic E-state index is 12.4. The van der Waals surface area contributed by atoms with Gasteiger partial charge in [0.1, 0.15) is 5.54 Å². The first-order valence-electron chi connectivity index (χ1n) is 6.69. The number of hydrogen-bond donors (Lipinski definition) is 2. The molecule has 0 bridgehead atoms. The van der Waals surface area contributed by atoms with E-state index in [9.17, 15) is 14.7 Å². The lowest BCUT2D eigenvalue weighted by molar-refractivity contribution is -0.147. The minimum atomic E-state index is -1.23. The summed E-state index contributed by atoms with van der Waals surface area (Å²) in [6, 6.07) is 7.13. The van der Waals surface area contributed by atoms with E-state index in [1.807, 2.05) is 12.1 Å². The highest BCUT2D eigenvalue weighted by atomic mass is 16.4. The zero-order valence-electron chi connectivity index (χ0n) is 12.2. The number of rotatable bonds is 6. The van der Waals surface area contributed by atoms with Crippen LogP contribution in [0.3, 0.4) is 0 Å². The Bertz CT molecular complexity index is 480. The average Bonchev–Trinajstić information content (AvgIpc) is 2.40. The van der Waals surface area contributed by atoms with Gasteiger partial charge in [0.25, 0.3) is 5.91 Å². The van der Waals surface area contributed by atoms with Gasteiger partial charge < -0.3 is 15.7 Å². The summed E-state index contributed by atoms with van der Waals surface area (Å²) in [6.45, 7) is 5.72. The molecule has 1 aromatic rings. The molecule has 0 aliphatic heterocycles. The van der Waals surface area contributed by atoms with E-state index >= 15 is 0 Å². The zero-order chi connectivity index (χ0) is 15.3. The van der Waals surface area contributed by atoms with Gasteiger partial charge in [0, 0.05) is 12.1 Å². The fourth-order valence-electron chi connectivity index (χ4n) is 2.04. The van der Waals surface area contributed by atoms with Crippen LogP contribution in [-0.2, 0) is 11.2 Å². The predicted molar refractivity (Wildman–Crippen MR) is 77.6 cm³/mol. The lowest BCUT2D eigenvalue weighted by Crippen LogP contribution is -2.52. The molecule has 0 unspecified atom stereocenters. The molecule has 0 atom stereocenters. The maximum atomic E-state index is 12.4. The molecule has 3 N–H and O–H groups in total. The van der Waals surface area contributed by atoms with Gasteiger partial charge in [-0.15, -0.1) is 0 Å².